The van der Waals surface area contributed by atoms with Crippen LogP contribution < -0.4 is 0 Å². The number of rotatable bonds is 1. The van der Waals surface area contributed by atoms with Crippen LogP contribution in [-0.4, -0.2) is 28.6 Å². The Morgan fingerprint density at radius 1 is 1.11 bits per heavy atom. The number of hydrogen-bond donors (Lipinski definition) is 1. The Balaban J connectivity index is 2.58. The van der Waals surface area contributed by atoms with Crippen LogP contribution in [0.1, 0.15) is 34.1 Å². The molecule has 0 aliphatic heterocycles. The van der Waals surface area contributed by atoms with Gasteiger partial charge in [0.2, 0.25) is 0 Å². The molecule has 0 aromatic carbocycles. The molecule has 0 amide bonds. The van der Waals surface area contributed by atoms with Crippen LogP contribution in [-0.2, 0) is 14.4 Å². The Hall–Kier alpha value is -1.55. The molecular weight excluding hydrogens is 244 g/mol. The maximum atomic E-state index is 12.2. The Morgan fingerprint density at radius 3 is 2.16 bits per heavy atom. The van der Waals surface area contributed by atoms with Crippen molar-refractivity contribution in [3.63, 3.8) is 0 Å². The summed E-state index contributed by atoms with van der Waals surface area (Å²) in [5.74, 6) is -0.616. The SMILES string of the molecule is CC1=CC(=O)C(C2(C)C(O)CC(=O)C2(C)C)=CC1=O. The lowest BCUT2D eigenvalue weighted by atomic mass is 9.61. The zero-order valence-electron chi connectivity index (χ0n) is 11.6. The van der Waals surface area contributed by atoms with Gasteiger partial charge in [0.1, 0.15) is 5.78 Å². The van der Waals surface area contributed by atoms with E-state index in [2.05, 4.69) is 0 Å². The van der Waals surface area contributed by atoms with Crippen molar-refractivity contribution in [3.8, 4) is 0 Å². The van der Waals surface area contributed by atoms with E-state index in [4.69, 9.17) is 0 Å². The van der Waals surface area contributed by atoms with Crippen LogP contribution in [0.5, 0.6) is 0 Å². The number of allylic oxidation sites excluding steroid dienone is 3. The molecule has 102 valence electrons. The molecule has 2 unspecified atom stereocenters. The van der Waals surface area contributed by atoms with Gasteiger partial charge in [0.05, 0.1) is 6.10 Å². The summed E-state index contributed by atoms with van der Waals surface area (Å²) < 4.78 is 0. The van der Waals surface area contributed by atoms with E-state index < -0.39 is 16.9 Å². The Labute approximate surface area is 112 Å². The fraction of sp³-hybridized carbons (Fsp3) is 0.533. The first kappa shape index (κ1) is 13.9. The molecule has 0 spiro atoms. The third-order valence-electron chi connectivity index (χ3n) is 4.88. The van der Waals surface area contributed by atoms with E-state index in [9.17, 15) is 19.5 Å². The van der Waals surface area contributed by atoms with Crippen LogP contribution in [0.25, 0.3) is 0 Å². The van der Waals surface area contributed by atoms with Gasteiger partial charge in [0.25, 0.3) is 0 Å². The Kier molecular flexibility index (Phi) is 2.90. The van der Waals surface area contributed by atoms with Crippen molar-refractivity contribution in [1.82, 2.24) is 0 Å². The molecule has 2 atom stereocenters. The summed E-state index contributed by atoms with van der Waals surface area (Å²) in [7, 11) is 0. The predicted molar refractivity (Wildman–Crippen MR) is 69.4 cm³/mol. The third kappa shape index (κ3) is 1.66. The smallest absolute Gasteiger partial charge is 0.183 e. The second kappa shape index (κ2) is 3.97. The summed E-state index contributed by atoms with van der Waals surface area (Å²) in [6.07, 6.45) is 1.64. The van der Waals surface area contributed by atoms with Gasteiger partial charge in [-0.1, -0.05) is 20.8 Å². The number of ketones is 3. The molecule has 1 N–H and O–H groups in total. The number of aliphatic hydroxyl groups excluding tert-OH is 1. The molecule has 2 aliphatic carbocycles. The first-order valence-electron chi connectivity index (χ1n) is 6.33. The van der Waals surface area contributed by atoms with Crippen LogP contribution in [0, 0.1) is 10.8 Å². The summed E-state index contributed by atoms with van der Waals surface area (Å²) in [4.78, 5) is 36.0. The molecule has 0 aromatic rings. The summed E-state index contributed by atoms with van der Waals surface area (Å²) in [6, 6.07) is 0. The highest BCUT2D eigenvalue weighted by molar-refractivity contribution is 6.20. The number of carbonyl (C=O) groups excluding carboxylic acids is 3. The van der Waals surface area contributed by atoms with E-state index in [0.29, 0.717) is 5.57 Å². The standard InChI is InChI=1S/C15H18O4/c1-8-5-11(17)9(6-10(8)16)15(4)13(19)7-12(18)14(15,2)3/h5-6,13,19H,7H2,1-4H3. The molecular formula is C15H18O4. The highest BCUT2D eigenvalue weighted by Crippen LogP contribution is 2.55. The third-order valence-corrected chi connectivity index (χ3v) is 4.88. The molecule has 2 rings (SSSR count). The average molecular weight is 262 g/mol. The van der Waals surface area contributed by atoms with Crippen molar-refractivity contribution in [2.24, 2.45) is 10.8 Å². The summed E-state index contributed by atoms with van der Waals surface area (Å²) in [5.41, 5.74) is -1.26. The van der Waals surface area contributed by atoms with Gasteiger partial charge in [-0.2, -0.15) is 0 Å². The van der Waals surface area contributed by atoms with Crippen LogP contribution in [0.2, 0.25) is 0 Å². The maximum absolute atomic E-state index is 12.2. The monoisotopic (exact) mass is 262 g/mol. The van der Waals surface area contributed by atoms with Crippen molar-refractivity contribution < 1.29 is 19.5 Å². The van der Waals surface area contributed by atoms with Crippen LogP contribution >= 0.6 is 0 Å². The average Bonchev–Trinajstić information content (AvgIpc) is 2.45. The van der Waals surface area contributed by atoms with Crippen molar-refractivity contribution in [2.45, 2.75) is 40.2 Å². The molecule has 0 bridgehead atoms. The van der Waals surface area contributed by atoms with Gasteiger partial charge in [-0.3, -0.25) is 14.4 Å². The molecule has 1 fully saturated rings. The zero-order valence-corrected chi connectivity index (χ0v) is 11.6. The van der Waals surface area contributed by atoms with Crippen molar-refractivity contribution in [1.29, 1.82) is 0 Å². The Bertz CT molecular complexity index is 550. The molecule has 4 nitrogen and oxygen atoms in total. The summed E-state index contributed by atoms with van der Waals surface area (Å²) >= 11 is 0. The van der Waals surface area contributed by atoms with Gasteiger partial charge in [-0.25, -0.2) is 0 Å². The first-order valence-corrected chi connectivity index (χ1v) is 6.33. The fourth-order valence-electron chi connectivity index (χ4n) is 2.92. The molecule has 0 aromatic heterocycles. The van der Waals surface area contributed by atoms with E-state index in [1.807, 2.05) is 0 Å². The van der Waals surface area contributed by atoms with Gasteiger partial charge in [0.15, 0.2) is 11.6 Å². The minimum atomic E-state index is -1.02. The lowest BCUT2D eigenvalue weighted by molar-refractivity contribution is -0.127. The van der Waals surface area contributed by atoms with Crippen molar-refractivity contribution in [2.75, 3.05) is 0 Å². The topological polar surface area (TPSA) is 71.4 Å². The second-order valence-corrected chi connectivity index (χ2v) is 6.08. The molecule has 4 heteroatoms. The van der Waals surface area contributed by atoms with E-state index >= 15 is 0 Å². The number of hydrogen-bond acceptors (Lipinski definition) is 4. The van der Waals surface area contributed by atoms with E-state index in [-0.39, 0.29) is 29.3 Å². The van der Waals surface area contributed by atoms with E-state index in [0.717, 1.165) is 0 Å². The minimum absolute atomic E-state index is 0.0189. The first-order chi connectivity index (χ1) is 8.62. The van der Waals surface area contributed by atoms with Gasteiger partial charge >= 0.3 is 0 Å². The number of Topliss-reactive ketones (excluding diaryl/α,β-unsaturated/α-hetero) is 1. The summed E-state index contributed by atoms with van der Waals surface area (Å²) in [5, 5.41) is 10.2. The highest BCUT2D eigenvalue weighted by atomic mass is 16.3. The van der Waals surface area contributed by atoms with Crippen LogP contribution in [0.3, 0.4) is 0 Å². The van der Waals surface area contributed by atoms with Gasteiger partial charge in [-0.05, 0) is 19.1 Å². The molecule has 0 saturated heterocycles. The molecule has 1 saturated carbocycles. The van der Waals surface area contributed by atoms with Crippen molar-refractivity contribution in [3.05, 3.63) is 23.3 Å². The highest BCUT2D eigenvalue weighted by Gasteiger charge is 2.60. The lowest BCUT2D eigenvalue weighted by Gasteiger charge is -2.40. The van der Waals surface area contributed by atoms with Crippen molar-refractivity contribution >= 4 is 17.3 Å². The summed E-state index contributed by atoms with van der Waals surface area (Å²) in [6.45, 7) is 6.70. The molecule has 0 heterocycles. The quantitative estimate of drug-likeness (QED) is 0.725. The molecule has 2 aliphatic rings. The van der Waals surface area contributed by atoms with Crippen LogP contribution in [0.4, 0.5) is 0 Å². The normalized spacial score (nSPS) is 34.4. The number of carbonyl (C=O) groups is 3. The Morgan fingerprint density at radius 2 is 1.68 bits per heavy atom. The molecule has 19 heavy (non-hydrogen) atoms. The fourth-order valence-corrected chi connectivity index (χ4v) is 2.92. The van der Waals surface area contributed by atoms with Gasteiger partial charge in [0, 0.05) is 28.4 Å². The maximum Gasteiger partial charge on any atom is 0.183 e. The van der Waals surface area contributed by atoms with E-state index in [1.54, 1.807) is 27.7 Å². The minimum Gasteiger partial charge on any atom is -0.392 e. The molecule has 0 radical (unpaired) electrons. The lowest BCUT2D eigenvalue weighted by Crippen LogP contribution is -2.44. The zero-order chi connectivity index (χ0) is 14.6. The van der Waals surface area contributed by atoms with Gasteiger partial charge < -0.3 is 5.11 Å². The number of aliphatic hydroxyl groups is 1. The van der Waals surface area contributed by atoms with E-state index in [1.165, 1.54) is 12.2 Å². The van der Waals surface area contributed by atoms with Gasteiger partial charge in [-0.15, -0.1) is 0 Å². The largest absolute Gasteiger partial charge is 0.392 e. The second-order valence-electron chi connectivity index (χ2n) is 6.08. The predicted octanol–water partition coefficient (Wildman–Crippen LogP) is 1.38. The van der Waals surface area contributed by atoms with Crippen LogP contribution in [0.15, 0.2) is 23.3 Å².